The van der Waals surface area contributed by atoms with Crippen LogP contribution in [0.25, 0.3) is 11.0 Å². The predicted molar refractivity (Wildman–Crippen MR) is 135 cm³/mol. The maximum Gasteiger partial charge on any atom is 0.339 e. The maximum atomic E-state index is 13.1. The third-order valence-corrected chi connectivity index (χ3v) is 8.03. The van der Waals surface area contributed by atoms with Crippen LogP contribution in [-0.2, 0) is 27.7 Å². The first-order valence-corrected chi connectivity index (χ1v) is 13.6. The molecule has 0 aliphatic heterocycles. The molecule has 186 valence electrons. The summed E-state index contributed by atoms with van der Waals surface area (Å²) in [5.41, 5.74) is 2.42. The van der Waals surface area contributed by atoms with Gasteiger partial charge in [0.15, 0.2) is 5.75 Å². The number of unbranched alkanes of at least 4 members (excludes halogenated alkanes) is 1. The van der Waals surface area contributed by atoms with Crippen molar-refractivity contribution in [1.29, 1.82) is 0 Å². The van der Waals surface area contributed by atoms with Gasteiger partial charge < -0.3 is 9.15 Å². The zero-order valence-corrected chi connectivity index (χ0v) is 21.3. The molecule has 3 aromatic rings. The zero-order valence-electron chi connectivity index (χ0n) is 19.7. The van der Waals surface area contributed by atoms with Crippen molar-refractivity contribution < 1.29 is 22.4 Å². The Hall–Kier alpha value is -2.68. The highest BCUT2D eigenvalue weighted by Crippen LogP contribution is 2.34. The SMILES string of the molecule is CCCC[C@@H](NS(=O)(=O)c1ccc(C)cc1)C(=O)Oc1cc2oc(=O)c3c(c2cc1Cl)CCCC3. The number of aryl methyl sites for hydroxylation is 2. The van der Waals surface area contributed by atoms with Crippen LogP contribution in [0.4, 0.5) is 0 Å². The van der Waals surface area contributed by atoms with E-state index in [1.165, 1.54) is 18.2 Å². The molecule has 4 rings (SSSR count). The summed E-state index contributed by atoms with van der Waals surface area (Å²) in [5.74, 6) is -0.769. The molecular formula is C26H28ClNO6S. The molecular weight excluding hydrogens is 490 g/mol. The summed E-state index contributed by atoms with van der Waals surface area (Å²) in [5, 5.41) is 0.912. The number of carbonyl (C=O) groups excluding carboxylic acids is 1. The van der Waals surface area contributed by atoms with E-state index in [9.17, 15) is 18.0 Å². The molecule has 1 heterocycles. The second-order valence-corrected chi connectivity index (χ2v) is 11.0. The number of hydrogen-bond donors (Lipinski definition) is 1. The largest absolute Gasteiger partial charge is 0.424 e. The summed E-state index contributed by atoms with van der Waals surface area (Å²) in [6.45, 7) is 3.80. The number of esters is 1. The average Bonchev–Trinajstić information content (AvgIpc) is 2.83. The highest BCUT2D eigenvalue weighted by molar-refractivity contribution is 7.89. The lowest BCUT2D eigenvalue weighted by Gasteiger charge is -2.19. The smallest absolute Gasteiger partial charge is 0.339 e. The molecule has 1 N–H and O–H groups in total. The molecule has 1 aromatic heterocycles. The first-order valence-electron chi connectivity index (χ1n) is 11.8. The number of benzene rings is 2. The van der Waals surface area contributed by atoms with Gasteiger partial charge in [0, 0.05) is 17.0 Å². The number of carbonyl (C=O) groups is 1. The summed E-state index contributed by atoms with van der Waals surface area (Å²) < 4.78 is 39.3. The zero-order chi connectivity index (χ0) is 25.2. The lowest BCUT2D eigenvalue weighted by atomic mass is 9.90. The van der Waals surface area contributed by atoms with Crippen LogP contribution in [0, 0.1) is 6.92 Å². The fourth-order valence-corrected chi connectivity index (χ4v) is 5.73. The Morgan fingerprint density at radius 1 is 1.14 bits per heavy atom. The van der Waals surface area contributed by atoms with E-state index in [2.05, 4.69) is 4.72 Å². The second-order valence-electron chi connectivity index (χ2n) is 8.88. The van der Waals surface area contributed by atoms with Crippen molar-refractivity contribution >= 4 is 38.6 Å². The van der Waals surface area contributed by atoms with E-state index in [1.807, 2.05) is 13.8 Å². The summed E-state index contributed by atoms with van der Waals surface area (Å²) in [6.07, 6.45) is 4.97. The molecule has 35 heavy (non-hydrogen) atoms. The molecule has 0 saturated heterocycles. The molecule has 2 aromatic carbocycles. The minimum atomic E-state index is -3.95. The van der Waals surface area contributed by atoms with Gasteiger partial charge in [0.05, 0.1) is 9.92 Å². The van der Waals surface area contributed by atoms with Crippen LogP contribution in [0.15, 0.2) is 50.5 Å². The van der Waals surface area contributed by atoms with Gasteiger partial charge in [0.2, 0.25) is 10.0 Å². The van der Waals surface area contributed by atoms with Crippen molar-refractivity contribution in [2.75, 3.05) is 0 Å². The quantitative estimate of drug-likeness (QED) is 0.254. The van der Waals surface area contributed by atoms with Gasteiger partial charge in [-0.15, -0.1) is 0 Å². The summed E-state index contributed by atoms with van der Waals surface area (Å²) in [6, 6.07) is 8.32. The molecule has 9 heteroatoms. The van der Waals surface area contributed by atoms with Gasteiger partial charge in [0.1, 0.15) is 11.6 Å². The normalized spacial score (nSPS) is 14.5. The number of rotatable bonds is 8. The molecule has 0 amide bonds. The standard InChI is InChI=1S/C26H28ClNO6S/c1-3-4-9-22(28-35(31,32)17-12-10-16(2)11-13-17)26(30)34-24-15-23-20(14-21(24)27)18-7-5-6-8-19(18)25(29)33-23/h10-15,22,28H,3-9H2,1-2H3/t22-/m1/s1. The van der Waals surface area contributed by atoms with E-state index in [0.717, 1.165) is 42.2 Å². The van der Waals surface area contributed by atoms with Crippen LogP contribution in [0.1, 0.15) is 55.7 Å². The Kier molecular flexibility index (Phi) is 7.64. The van der Waals surface area contributed by atoms with E-state index < -0.39 is 27.7 Å². The molecule has 0 unspecified atom stereocenters. The van der Waals surface area contributed by atoms with Gasteiger partial charge in [-0.2, -0.15) is 4.72 Å². The van der Waals surface area contributed by atoms with Gasteiger partial charge >= 0.3 is 11.6 Å². The Balaban J connectivity index is 1.62. The van der Waals surface area contributed by atoms with Gasteiger partial charge in [-0.3, -0.25) is 0 Å². The lowest BCUT2D eigenvalue weighted by molar-refractivity contribution is -0.136. The van der Waals surface area contributed by atoms with Crippen molar-refractivity contribution in [2.45, 2.75) is 69.7 Å². The molecule has 1 aliphatic carbocycles. The van der Waals surface area contributed by atoms with E-state index in [1.54, 1.807) is 18.2 Å². The van der Waals surface area contributed by atoms with Gasteiger partial charge in [-0.25, -0.2) is 18.0 Å². The van der Waals surface area contributed by atoms with Crippen LogP contribution in [-0.4, -0.2) is 20.4 Å². The van der Waals surface area contributed by atoms with Crippen molar-refractivity contribution in [1.82, 2.24) is 4.72 Å². The van der Waals surface area contributed by atoms with Gasteiger partial charge in [-0.1, -0.05) is 49.1 Å². The highest BCUT2D eigenvalue weighted by Gasteiger charge is 2.28. The van der Waals surface area contributed by atoms with Gasteiger partial charge in [-0.05, 0) is 62.8 Å². The minimum absolute atomic E-state index is 0.0131. The number of halogens is 1. The first kappa shape index (κ1) is 25.4. The van der Waals surface area contributed by atoms with Crippen LogP contribution in [0.3, 0.4) is 0 Å². The Morgan fingerprint density at radius 3 is 2.51 bits per heavy atom. The third-order valence-electron chi connectivity index (χ3n) is 6.25. The summed E-state index contributed by atoms with van der Waals surface area (Å²) in [4.78, 5) is 25.6. The van der Waals surface area contributed by atoms with Crippen molar-refractivity contribution in [2.24, 2.45) is 0 Å². The molecule has 7 nitrogen and oxygen atoms in total. The molecule has 0 fully saturated rings. The van der Waals surface area contributed by atoms with Crippen LogP contribution < -0.4 is 15.1 Å². The average molecular weight is 518 g/mol. The third kappa shape index (κ3) is 5.60. The Labute approximate surface area is 209 Å². The second kappa shape index (κ2) is 10.5. The van der Waals surface area contributed by atoms with Crippen molar-refractivity contribution in [3.63, 3.8) is 0 Å². The molecule has 1 aliphatic rings. The summed E-state index contributed by atoms with van der Waals surface area (Å²) in [7, 11) is -3.95. The number of fused-ring (bicyclic) bond motifs is 3. The highest BCUT2D eigenvalue weighted by atomic mass is 35.5. The number of sulfonamides is 1. The molecule has 0 saturated carbocycles. The van der Waals surface area contributed by atoms with Crippen LogP contribution >= 0.6 is 11.6 Å². The predicted octanol–water partition coefficient (Wildman–Crippen LogP) is 5.08. The molecule has 0 radical (unpaired) electrons. The minimum Gasteiger partial charge on any atom is -0.424 e. The first-order chi connectivity index (χ1) is 16.7. The van der Waals surface area contributed by atoms with Crippen molar-refractivity contribution in [3.8, 4) is 5.75 Å². The van der Waals surface area contributed by atoms with Crippen LogP contribution in [0.5, 0.6) is 5.75 Å². The number of nitrogens with one attached hydrogen (secondary N) is 1. The number of hydrogen-bond acceptors (Lipinski definition) is 6. The van der Waals surface area contributed by atoms with Crippen molar-refractivity contribution in [3.05, 3.63) is 68.5 Å². The molecule has 1 atom stereocenters. The van der Waals surface area contributed by atoms with Gasteiger partial charge in [0.25, 0.3) is 0 Å². The maximum absolute atomic E-state index is 13.1. The van der Waals surface area contributed by atoms with E-state index >= 15 is 0 Å². The molecule has 0 spiro atoms. The Bertz CT molecular complexity index is 1410. The van der Waals surface area contributed by atoms with Crippen LogP contribution in [0.2, 0.25) is 5.02 Å². The monoisotopic (exact) mass is 517 g/mol. The van der Waals surface area contributed by atoms with E-state index in [-0.39, 0.29) is 27.7 Å². The Morgan fingerprint density at radius 2 is 1.83 bits per heavy atom. The lowest BCUT2D eigenvalue weighted by Crippen LogP contribution is -2.43. The fourth-order valence-electron chi connectivity index (χ4n) is 4.31. The topological polar surface area (TPSA) is 103 Å². The van der Waals surface area contributed by atoms with E-state index in [0.29, 0.717) is 18.4 Å². The summed E-state index contributed by atoms with van der Waals surface area (Å²) >= 11 is 6.45. The van der Waals surface area contributed by atoms with E-state index in [4.69, 9.17) is 20.8 Å². The molecule has 0 bridgehead atoms. The fraction of sp³-hybridized carbons (Fsp3) is 0.385. The number of ether oxygens (including phenoxy) is 1.